The van der Waals surface area contributed by atoms with Crippen molar-refractivity contribution in [2.24, 2.45) is 5.10 Å². The van der Waals surface area contributed by atoms with E-state index in [1.165, 1.54) is 17.3 Å². The molecular formula is C20H12BrClN2O3. The van der Waals surface area contributed by atoms with Crippen LogP contribution in [-0.2, 0) is 4.79 Å². The molecule has 1 amide bonds. The molecule has 0 saturated carbocycles. The maximum Gasteiger partial charge on any atom is 0.280 e. The minimum atomic E-state index is -0.330. The standard InChI is InChI=1S/C20H12BrClN2O3/c1-11-16(20(26)24(23-11)15-4-2-3-14(22)9-15)7-12-10-27-18-6-5-13(21)8-17(18)19(12)25/h2-10H,1H3/b16-7-. The minimum absolute atomic E-state index is 0.216. The molecule has 27 heavy (non-hydrogen) atoms. The fraction of sp³-hybridized carbons (Fsp3) is 0.0500. The molecule has 7 heteroatoms. The fourth-order valence-electron chi connectivity index (χ4n) is 2.84. The summed E-state index contributed by atoms with van der Waals surface area (Å²) < 4.78 is 6.31. The van der Waals surface area contributed by atoms with Crippen LogP contribution < -0.4 is 10.4 Å². The lowest BCUT2D eigenvalue weighted by Gasteiger charge is -2.11. The first-order valence-electron chi connectivity index (χ1n) is 8.02. The van der Waals surface area contributed by atoms with E-state index in [9.17, 15) is 9.59 Å². The Morgan fingerprint density at radius 3 is 2.78 bits per heavy atom. The number of hydrazone groups is 1. The van der Waals surface area contributed by atoms with E-state index in [0.717, 1.165) is 4.47 Å². The van der Waals surface area contributed by atoms with Crippen LogP contribution in [0.4, 0.5) is 5.69 Å². The Morgan fingerprint density at radius 1 is 1.19 bits per heavy atom. The molecule has 0 unspecified atom stereocenters. The number of fused-ring (bicyclic) bond motifs is 1. The number of rotatable bonds is 2. The van der Waals surface area contributed by atoms with Gasteiger partial charge in [-0.1, -0.05) is 33.6 Å². The second-order valence-corrected chi connectivity index (χ2v) is 7.35. The highest BCUT2D eigenvalue weighted by Gasteiger charge is 2.29. The summed E-state index contributed by atoms with van der Waals surface area (Å²) in [6.07, 6.45) is 2.87. The molecule has 0 atom stereocenters. The van der Waals surface area contributed by atoms with Gasteiger partial charge in [0.05, 0.1) is 27.9 Å². The van der Waals surface area contributed by atoms with E-state index in [4.69, 9.17) is 16.0 Å². The van der Waals surface area contributed by atoms with Gasteiger partial charge in [0.2, 0.25) is 0 Å². The predicted octanol–water partition coefficient (Wildman–Crippen LogP) is 5.02. The molecule has 0 radical (unpaired) electrons. The summed E-state index contributed by atoms with van der Waals surface area (Å²) in [5.74, 6) is -0.330. The van der Waals surface area contributed by atoms with Crippen molar-refractivity contribution in [3.05, 3.63) is 79.6 Å². The smallest absolute Gasteiger partial charge is 0.280 e. The zero-order valence-corrected chi connectivity index (χ0v) is 16.4. The maximum atomic E-state index is 12.8. The van der Waals surface area contributed by atoms with Gasteiger partial charge in [0.15, 0.2) is 5.43 Å². The minimum Gasteiger partial charge on any atom is -0.463 e. The monoisotopic (exact) mass is 442 g/mol. The van der Waals surface area contributed by atoms with Crippen molar-refractivity contribution in [1.29, 1.82) is 0 Å². The van der Waals surface area contributed by atoms with Crippen molar-refractivity contribution < 1.29 is 9.21 Å². The Hall–Kier alpha value is -2.70. The molecular weight excluding hydrogens is 432 g/mol. The van der Waals surface area contributed by atoms with Gasteiger partial charge in [0.25, 0.3) is 5.91 Å². The van der Waals surface area contributed by atoms with Gasteiger partial charge in [-0.2, -0.15) is 10.1 Å². The van der Waals surface area contributed by atoms with Gasteiger partial charge in [-0.15, -0.1) is 0 Å². The molecule has 0 saturated heterocycles. The third-order valence-electron chi connectivity index (χ3n) is 4.18. The number of hydrogen-bond donors (Lipinski definition) is 0. The Morgan fingerprint density at radius 2 is 2.00 bits per heavy atom. The predicted molar refractivity (Wildman–Crippen MR) is 110 cm³/mol. The van der Waals surface area contributed by atoms with Crippen LogP contribution in [0.3, 0.4) is 0 Å². The zero-order chi connectivity index (χ0) is 19.1. The van der Waals surface area contributed by atoms with Gasteiger partial charge in [-0.05, 0) is 49.4 Å². The highest BCUT2D eigenvalue weighted by molar-refractivity contribution is 9.10. The lowest BCUT2D eigenvalue weighted by atomic mass is 10.1. The van der Waals surface area contributed by atoms with E-state index in [0.29, 0.717) is 33.0 Å². The average Bonchev–Trinajstić information content (AvgIpc) is 2.92. The zero-order valence-electron chi connectivity index (χ0n) is 14.1. The first kappa shape index (κ1) is 17.7. The van der Waals surface area contributed by atoms with Crippen molar-refractivity contribution in [2.75, 3.05) is 5.01 Å². The van der Waals surface area contributed by atoms with E-state index in [1.54, 1.807) is 49.4 Å². The Balaban J connectivity index is 1.78. The lowest BCUT2D eigenvalue weighted by molar-refractivity contribution is -0.114. The normalized spacial score (nSPS) is 15.7. The molecule has 5 nitrogen and oxygen atoms in total. The molecule has 0 fully saturated rings. The number of anilines is 1. The first-order chi connectivity index (χ1) is 12.9. The number of carbonyl (C=O) groups is 1. The summed E-state index contributed by atoms with van der Waals surface area (Å²) in [7, 11) is 0. The van der Waals surface area contributed by atoms with Crippen molar-refractivity contribution in [3.8, 4) is 0 Å². The van der Waals surface area contributed by atoms with Crippen molar-refractivity contribution in [3.63, 3.8) is 0 Å². The molecule has 1 aliphatic heterocycles. The largest absolute Gasteiger partial charge is 0.463 e. The van der Waals surface area contributed by atoms with Crippen LogP contribution in [0.5, 0.6) is 0 Å². The summed E-state index contributed by atoms with van der Waals surface area (Å²) in [4.78, 5) is 25.6. The van der Waals surface area contributed by atoms with Gasteiger partial charge in [-0.25, -0.2) is 0 Å². The van der Waals surface area contributed by atoms with Gasteiger partial charge in [0, 0.05) is 9.50 Å². The lowest BCUT2D eigenvalue weighted by Crippen LogP contribution is -2.21. The second kappa shape index (κ2) is 6.79. The molecule has 0 spiro atoms. The Kier molecular flexibility index (Phi) is 4.45. The van der Waals surface area contributed by atoms with E-state index in [1.807, 2.05) is 0 Å². The van der Waals surface area contributed by atoms with Crippen molar-refractivity contribution >= 4 is 61.9 Å². The summed E-state index contributed by atoms with van der Waals surface area (Å²) >= 11 is 9.36. The maximum absolute atomic E-state index is 12.8. The van der Waals surface area contributed by atoms with Crippen LogP contribution in [0, 0.1) is 0 Å². The number of carbonyl (C=O) groups excluding carboxylic acids is 1. The second-order valence-electron chi connectivity index (χ2n) is 6.00. The summed E-state index contributed by atoms with van der Waals surface area (Å²) in [6.45, 7) is 1.72. The van der Waals surface area contributed by atoms with E-state index in [2.05, 4.69) is 21.0 Å². The molecule has 1 aromatic heterocycles. The molecule has 1 aliphatic rings. The molecule has 2 heterocycles. The van der Waals surface area contributed by atoms with Crippen LogP contribution in [-0.4, -0.2) is 11.6 Å². The topological polar surface area (TPSA) is 62.9 Å². The number of benzene rings is 2. The van der Waals surface area contributed by atoms with Crippen LogP contribution >= 0.6 is 27.5 Å². The molecule has 0 N–H and O–H groups in total. The molecule has 2 aromatic carbocycles. The summed E-state index contributed by atoms with van der Waals surface area (Å²) in [5, 5.41) is 6.51. The molecule has 0 bridgehead atoms. The van der Waals surface area contributed by atoms with Crippen LogP contribution in [0.1, 0.15) is 12.5 Å². The summed E-state index contributed by atoms with van der Waals surface area (Å²) in [6, 6.07) is 12.1. The van der Waals surface area contributed by atoms with E-state index >= 15 is 0 Å². The quantitative estimate of drug-likeness (QED) is 0.523. The third kappa shape index (κ3) is 3.22. The summed E-state index contributed by atoms with van der Waals surface area (Å²) in [5.41, 5.74) is 1.95. The molecule has 134 valence electrons. The highest BCUT2D eigenvalue weighted by atomic mass is 79.9. The van der Waals surface area contributed by atoms with Gasteiger partial charge >= 0.3 is 0 Å². The Bertz CT molecular complexity index is 1210. The van der Waals surface area contributed by atoms with Gasteiger partial charge < -0.3 is 4.42 Å². The fourth-order valence-corrected chi connectivity index (χ4v) is 3.39. The molecule has 3 aromatic rings. The van der Waals surface area contributed by atoms with Crippen molar-refractivity contribution in [2.45, 2.75) is 6.92 Å². The number of halogens is 2. The number of amides is 1. The van der Waals surface area contributed by atoms with Gasteiger partial charge in [0.1, 0.15) is 11.8 Å². The Labute approximate surface area is 167 Å². The van der Waals surface area contributed by atoms with Crippen LogP contribution in [0.25, 0.3) is 17.0 Å². The number of nitrogens with zero attached hydrogens (tertiary/aromatic N) is 2. The van der Waals surface area contributed by atoms with Crippen LogP contribution in [0.15, 0.2) is 73.1 Å². The van der Waals surface area contributed by atoms with Crippen molar-refractivity contribution in [1.82, 2.24) is 0 Å². The third-order valence-corrected chi connectivity index (χ3v) is 4.90. The van der Waals surface area contributed by atoms with E-state index < -0.39 is 0 Å². The first-order valence-corrected chi connectivity index (χ1v) is 9.19. The SMILES string of the molecule is CC1=NN(c2cccc(Cl)c2)C(=O)/C1=C\c1coc2ccc(Br)cc2c1=O. The average molecular weight is 444 g/mol. The molecule has 4 rings (SSSR count). The van der Waals surface area contributed by atoms with Gasteiger partial charge in [-0.3, -0.25) is 9.59 Å². The molecule has 0 aliphatic carbocycles. The number of hydrogen-bond acceptors (Lipinski definition) is 4. The van der Waals surface area contributed by atoms with Crippen LogP contribution in [0.2, 0.25) is 5.02 Å². The van der Waals surface area contributed by atoms with E-state index in [-0.39, 0.29) is 16.9 Å². The highest BCUT2D eigenvalue weighted by Crippen LogP contribution is 2.27.